The lowest BCUT2D eigenvalue weighted by Gasteiger charge is -2.30. The molecule has 2 N–H and O–H groups in total. The molecule has 1 aliphatic rings. The van der Waals surface area contributed by atoms with Gasteiger partial charge in [-0.05, 0) is 55.8 Å². The summed E-state index contributed by atoms with van der Waals surface area (Å²) in [6.45, 7) is 1.63. The number of benzene rings is 1. The highest BCUT2D eigenvalue weighted by atomic mass is 35.5. The maximum absolute atomic E-state index is 15.6. The van der Waals surface area contributed by atoms with E-state index in [4.69, 9.17) is 11.6 Å². The van der Waals surface area contributed by atoms with Gasteiger partial charge < -0.3 is 14.9 Å². The molecule has 0 amide bonds. The maximum atomic E-state index is 15.6. The summed E-state index contributed by atoms with van der Waals surface area (Å²) in [5.74, 6) is 0. The van der Waals surface area contributed by atoms with Crippen molar-refractivity contribution in [2.75, 3.05) is 13.1 Å². The van der Waals surface area contributed by atoms with E-state index in [1.165, 1.54) is 18.6 Å². The number of nitrogens with zero attached hydrogens (tertiary/aromatic N) is 5. The van der Waals surface area contributed by atoms with E-state index in [0.29, 0.717) is 47.7 Å². The highest BCUT2D eigenvalue weighted by Gasteiger charge is 2.32. The van der Waals surface area contributed by atoms with Crippen molar-refractivity contribution in [1.82, 2.24) is 34.0 Å². The largest absolute Gasteiger partial charge is 0.344 e. The summed E-state index contributed by atoms with van der Waals surface area (Å²) >= 11 is 6.48. The first-order chi connectivity index (χ1) is 17.4. The predicted octanol–water partition coefficient (Wildman–Crippen LogP) is 2.99. The number of aromatic amines is 1. The predicted molar refractivity (Wildman–Crippen MR) is 135 cm³/mol. The lowest BCUT2D eigenvalue weighted by molar-refractivity contribution is 0.0955. The lowest BCUT2D eigenvalue weighted by atomic mass is 9.94. The third-order valence-electron chi connectivity index (χ3n) is 6.78. The van der Waals surface area contributed by atoms with Crippen molar-refractivity contribution in [2.24, 2.45) is 0 Å². The number of aromatic nitrogens is 6. The second-order valence-electron chi connectivity index (χ2n) is 9.23. The van der Waals surface area contributed by atoms with Crippen molar-refractivity contribution in [3.63, 3.8) is 0 Å². The van der Waals surface area contributed by atoms with Crippen molar-refractivity contribution >= 4 is 28.0 Å². The molecule has 0 bridgehead atoms. The van der Waals surface area contributed by atoms with Gasteiger partial charge in [-0.15, -0.1) is 0 Å². The Morgan fingerprint density at radius 3 is 2.78 bits per heavy atom. The lowest BCUT2D eigenvalue weighted by Crippen LogP contribution is -2.41. The minimum Gasteiger partial charge on any atom is -0.344 e. The molecule has 1 aromatic carbocycles. The van der Waals surface area contributed by atoms with Gasteiger partial charge >= 0.3 is 5.69 Å². The molecule has 1 saturated heterocycles. The number of fused-ring (bicyclic) bond motifs is 2. The Morgan fingerprint density at radius 1 is 1.14 bits per heavy atom. The van der Waals surface area contributed by atoms with E-state index in [9.17, 15) is 9.59 Å². The van der Waals surface area contributed by atoms with Gasteiger partial charge in [0, 0.05) is 40.6 Å². The second kappa shape index (κ2) is 8.72. The quantitative estimate of drug-likeness (QED) is 0.381. The zero-order valence-electron chi connectivity index (χ0n) is 19.2. The van der Waals surface area contributed by atoms with Crippen LogP contribution in [0.1, 0.15) is 18.4 Å². The van der Waals surface area contributed by atoms with Crippen LogP contribution in [-0.4, -0.2) is 47.5 Å². The molecule has 4 aromatic heterocycles. The number of rotatable bonds is 5. The summed E-state index contributed by atoms with van der Waals surface area (Å²) in [6.07, 6.45) is 7.32. The molecule has 0 atom stereocenters. The molecule has 0 spiro atoms. The van der Waals surface area contributed by atoms with E-state index in [2.05, 4.69) is 20.4 Å². The third kappa shape index (κ3) is 4.02. The van der Waals surface area contributed by atoms with E-state index in [1.54, 1.807) is 10.7 Å². The van der Waals surface area contributed by atoms with Crippen LogP contribution in [0, 0.1) is 0 Å². The van der Waals surface area contributed by atoms with Crippen molar-refractivity contribution in [2.45, 2.75) is 31.6 Å². The van der Waals surface area contributed by atoms with Crippen LogP contribution in [0.5, 0.6) is 0 Å². The fourth-order valence-corrected chi connectivity index (χ4v) is 5.25. The Kier molecular flexibility index (Phi) is 5.50. The third-order valence-corrected chi connectivity index (χ3v) is 7.00. The Labute approximate surface area is 209 Å². The van der Waals surface area contributed by atoms with Crippen molar-refractivity contribution < 1.29 is 4.39 Å². The average molecular weight is 508 g/mol. The molecule has 1 aliphatic heterocycles. The zero-order chi connectivity index (χ0) is 24.9. The summed E-state index contributed by atoms with van der Waals surface area (Å²) in [7, 11) is 0. The van der Waals surface area contributed by atoms with Gasteiger partial charge in [0.2, 0.25) is 0 Å². The molecule has 9 nitrogen and oxygen atoms in total. The van der Waals surface area contributed by atoms with Crippen LogP contribution in [0.2, 0.25) is 5.02 Å². The van der Waals surface area contributed by atoms with E-state index < -0.39 is 16.9 Å². The molecule has 0 aliphatic carbocycles. The van der Waals surface area contributed by atoms with Gasteiger partial charge in [0.25, 0.3) is 5.56 Å². The summed E-state index contributed by atoms with van der Waals surface area (Å²) in [5, 5.41) is 8.97. The molecule has 1 fully saturated rings. The monoisotopic (exact) mass is 507 g/mol. The molecule has 0 saturated carbocycles. The van der Waals surface area contributed by atoms with Crippen LogP contribution in [0.3, 0.4) is 0 Å². The molecule has 11 heteroatoms. The molecular formula is C25H23ClFN7O2. The Hall–Kier alpha value is -3.76. The smallest absolute Gasteiger partial charge is 0.328 e. The van der Waals surface area contributed by atoms with Gasteiger partial charge in [-0.3, -0.25) is 9.36 Å². The van der Waals surface area contributed by atoms with Crippen molar-refractivity contribution in [3.8, 4) is 11.3 Å². The maximum Gasteiger partial charge on any atom is 0.328 e. The molecule has 5 heterocycles. The molecule has 0 unspecified atom stereocenters. The van der Waals surface area contributed by atoms with E-state index in [0.717, 1.165) is 21.0 Å². The second-order valence-corrected chi connectivity index (χ2v) is 9.67. The number of hydrogen-bond acceptors (Lipinski definition) is 5. The fourth-order valence-electron chi connectivity index (χ4n) is 5.03. The van der Waals surface area contributed by atoms with Gasteiger partial charge in [-0.25, -0.2) is 18.7 Å². The Bertz CT molecular complexity index is 1680. The Balaban J connectivity index is 1.48. The van der Waals surface area contributed by atoms with Crippen molar-refractivity contribution in [1.29, 1.82) is 0 Å². The SMILES string of the molecule is O=c1cc[nH]c(=O)n1Cc1cc2c(-c3cc(Cl)cc4ccn(CC5(F)CCNCC5)c34)ncnn2c1. The van der Waals surface area contributed by atoms with Gasteiger partial charge in [0.15, 0.2) is 0 Å². The van der Waals surface area contributed by atoms with Crippen LogP contribution in [0.15, 0.2) is 64.8 Å². The van der Waals surface area contributed by atoms with Crippen LogP contribution in [0.4, 0.5) is 4.39 Å². The Morgan fingerprint density at radius 2 is 1.97 bits per heavy atom. The minimum absolute atomic E-state index is 0.0809. The standard InChI is InChI=1S/C25H23ClFN7O2/c26-18-10-17-2-8-32(14-25(27)3-6-28-7-4-25)23(17)19(11-18)22-20-9-16(13-34(20)31-15-30-22)12-33-21(35)1-5-29-24(33)36/h1-2,5,8-11,13,15,28H,3-4,6-7,12,14H2,(H,29,36). The first-order valence-corrected chi connectivity index (χ1v) is 12.1. The highest BCUT2D eigenvalue weighted by molar-refractivity contribution is 6.32. The van der Waals surface area contributed by atoms with Crippen LogP contribution in [-0.2, 0) is 13.1 Å². The molecule has 184 valence electrons. The number of alkyl halides is 1. The van der Waals surface area contributed by atoms with Crippen LogP contribution >= 0.6 is 11.6 Å². The summed E-state index contributed by atoms with van der Waals surface area (Å²) in [6, 6.07) is 8.78. The first kappa shape index (κ1) is 22.7. The molecule has 0 radical (unpaired) electrons. The zero-order valence-corrected chi connectivity index (χ0v) is 20.0. The van der Waals surface area contributed by atoms with Crippen molar-refractivity contribution in [3.05, 3.63) is 86.7 Å². The number of halogens is 2. The summed E-state index contributed by atoms with van der Waals surface area (Å²) in [4.78, 5) is 31.4. The van der Waals surface area contributed by atoms with E-state index >= 15 is 4.39 Å². The summed E-state index contributed by atoms with van der Waals surface area (Å²) in [5.41, 5.74) is 1.43. The number of hydrogen-bond donors (Lipinski definition) is 2. The first-order valence-electron chi connectivity index (χ1n) is 11.7. The highest BCUT2D eigenvalue weighted by Crippen LogP contribution is 2.36. The molecule has 5 aromatic rings. The van der Waals surface area contributed by atoms with E-state index in [-0.39, 0.29) is 13.1 Å². The molecular weight excluding hydrogens is 485 g/mol. The molecule has 36 heavy (non-hydrogen) atoms. The minimum atomic E-state index is -1.30. The number of H-pyrrole nitrogens is 1. The van der Waals surface area contributed by atoms with Gasteiger partial charge in [-0.2, -0.15) is 5.10 Å². The summed E-state index contributed by atoms with van der Waals surface area (Å²) < 4.78 is 20.3. The molecule has 6 rings (SSSR count). The normalized spacial score (nSPS) is 15.6. The topological polar surface area (TPSA) is 102 Å². The van der Waals surface area contributed by atoms with Crippen LogP contribution < -0.4 is 16.6 Å². The average Bonchev–Trinajstić information content (AvgIpc) is 3.44. The van der Waals surface area contributed by atoms with Gasteiger partial charge in [-0.1, -0.05) is 11.6 Å². The number of piperidine rings is 1. The number of nitrogens with one attached hydrogen (secondary N) is 2. The van der Waals surface area contributed by atoms with Gasteiger partial charge in [0.05, 0.1) is 29.8 Å². The van der Waals surface area contributed by atoms with E-state index in [1.807, 2.05) is 35.0 Å². The van der Waals surface area contributed by atoms with Crippen LogP contribution in [0.25, 0.3) is 27.7 Å². The fraction of sp³-hybridized carbons (Fsp3) is 0.280. The van der Waals surface area contributed by atoms with Gasteiger partial charge in [0.1, 0.15) is 12.0 Å².